The van der Waals surface area contributed by atoms with Crippen molar-refractivity contribution in [3.05, 3.63) is 106 Å². The van der Waals surface area contributed by atoms with E-state index >= 15 is 0 Å². The van der Waals surface area contributed by atoms with Gasteiger partial charge >= 0.3 is 0 Å². The van der Waals surface area contributed by atoms with Crippen LogP contribution in [0.25, 0.3) is 22.3 Å². The molecule has 0 amide bonds. The van der Waals surface area contributed by atoms with Gasteiger partial charge in [0.15, 0.2) is 17.5 Å². The van der Waals surface area contributed by atoms with Gasteiger partial charge in [-0.2, -0.15) is 5.10 Å². The van der Waals surface area contributed by atoms with Gasteiger partial charge in [0.05, 0.1) is 22.7 Å². The Morgan fingerprint density at radius 1 is 0.857 bits per heavy atom. The van der Waals surface area contributed by atoms with E-state index in [9.17, 15) is 30.8 Å². The highest BCUT2D eigenvalue weighted by atomic mass is 32.2. The van der Waals surface area contributed by atoms with Crippen LogP contribution in [0, 0.1) is 23.3 Å². The van der Waals surface area contributed by atoms with Crippen molar-refractivity contribution < 1.29 is 26.0 Å². The lowest BCUT2D eigenvalue weighted by molar-refractivity contribution is 0.424. The Kier molecular flexibility index (Phi) is 6.30. The Bertz CT molecular complexity index is 1590. The first-order valence-corrected chi connectivity index (χ1v) is 11.7. The molecular weight excluding hydrogens is 486 g/mol. The highest BCUT2D eigenvalue weighted by molar-refractivity contribution is 7.89. The molecule has 11 heteroatoms. The fourth-order valence-electron chi connectivity index (χ4n) is 3.68. The summed E-state index contributed by atoms with van der Waals surface area (Å²) in [5.74, 6) is -5.03. The summed E-state index contributed by atoms with van der Waals surface area (Å²) < 4.78 is 79.2. The van der Waals surface area contributed by atoms with E-state index in [0.717, 1.165) is 28.9 Å². The van der Waals surface area contributed by atoms with Crippen LogP contribution in [0.5, 0.6) is 0 Å². The maximum atomic E-state index is 14.4. The Morgan fingerprint density at radius 2 is 1.46 bits per heavy atom. The van der Waals surface area contributed by atoms with Crippen molar-refractivity contribution in [2.24, 2.45) is 5.14 Å². The summed E-state index contributed by atoms with van der Waals surface area (Å²) >= 11 is 0. The van der Waals surface area contributed by atoms with Gasteiger partial charge in [-0.1, -0.05) is 30.3 Å². The number of nitrogens with two attached hydrogens (primary N) is 1. The summed E-state index contributed by atoms with van der Waals surface area (Å²) in [6.45, 7) is 1.39. The molecule has 0 radical (unpaired) electrons. The number of halogens is 4. The van der Waals surface area contributed by atoms with Crippen LogP contribution >= 0.6 is 0 Å². The lowest BCUT2D eigenvalue weighted by atomic mass is 9.97. The number of sulfonamides is 1. The van der Waals surface area contributed by atoms with Gasteiger partial charge in [0, 0.05) is 11.1 Å². The standard InChI is InChI=1S/C24H17F4N3O3S/c1-13(18-10-11-20(26)23(28)22(18)27)31-24(32)21(15-2-6-16(25)7-3-15)19(12-30-31)14-4-8-17(9-5-14)35(29,33)34/h2-13H,1H3,(H2,29,33,34). The number of benzene rings is 3. The van der Waals surface area contributed by atoms with Crippen LogP contribution < -0.4 is 10.7 Å². The Balaban J connectivity index is 1.93. The zero-order valence-electron chi connectivity index (χ0n) is 18.0. The molecule has 1 aromatic heterocycles. The Hall–Kier alpha value is -3.83. The highest BCUT2D eigenvalue weighted by Crippen LogP contribution is 2.31. The van der Waals surface area contributed by atoms with Crippen molar-refractivity contribution >= 4 is 10.0 Å². The monoisotopic (exact) mass is 503 g/mol. The summed E-state index contributed by atoms with van der Waals surface area (Å²) in [7, 11) is -3.95. The molecule has 0 aliphatic heterocycles. The van der Waals surface area contributed by atoms with Gasteiger partial charge in [-0.3, -0.25) is 4.79 Å². The van der Waals surface area contributed by atoms with Crippen LogP contribution in [0.3, 0.4) is 0 Å². The maximum absolute atomic E-state index is 14.4. The molecule has 4 rings (SSSR count). The second kappa shape index (κ2) is 9.08. The van der Waals surface area contributed by atoms with Crippen LogP contribution in [0.15, 0.2) is 76.6 Å². The molecule has 6 nitrogen and oxygen atoms in total. The highest BCUT2D eigenvalue weighted by Gasteiger charge is 2.23. The number of aromatic nitrogens is 2. The number of rotatable bonds is 5. The minimum atomic E-state index is -3.95. The van der Waals surface area contributed by atoms with E-state index in [4.69, 9.17) is 5.14 Å². The van der Waals surface area contributed by atoms with Gasteiger partial charge in [-0.25, -0.2) is 35.8 Å². The number of nitrogens with zero attached hydrogens (tertiary/aromatic N) is 2. The summed E-state index contributed by atoms with van der Waals surface area (Å²) in [4.78, 5) is 13.4. The predicted octanol–water partition coefficient (Wildman–Crippen LogP) is 4.39. The molecule has 0 spiro atoms. The molecule has 0 saturated heterocycles. The molecule has 0 aliphatic carbocycles. The topological polar surface area (TPSA) is 95.1 Å². The quantitative estimate of drug-likeness (QED) is 0.323. The molecule has 180 valence electrons. The first-order chi connectivity index (χ1) is 16.5. The van der Waals surface area contributed by atoms with E-state index in [2.05, 4.69) is 5.10 Å². The van der Waals surface area contributed by atoms with E-state index in [1.165, 1.54) is 49.5 Å². The summed E-state index contributed by atoms with van der Waals surface area (Å²) in [6.07, 6.45) is 1.29. The third-order valence-electron chi connectivity index (χ3n) is 5.51. The van der Waals surface area contributed by atoms with E-state index in [-0.39, 0.29) is 21.6 Å². The van der Waals surface area contributed by atoms with Crippen LogP contribution in [-0.2, 0) is 10.0 Å². The smallest absolute Gasteiger partial charge is 0.267 e. The fourth-order valence-corrected chi connectivity index (χ4v) is 4.19. The zero-order valence-corrected chi connectivity index (χ0v) is 18.9. The average Bonchev–Trinajstić information content (AvgIpc) is 2.82. The lowest BCUT2D eigenvalue weighted by Crippen LogP contribution is -2.29. The van der Waals surface area contributed by atoms with Crippen molar-refractivity contribution in [2.75, 3.05) is 0 Å². The Morgan fingerprint density at radius 3 is 2.06 bits per heavy atom. The summed E-state index contributed by atoms with van der Waals surface area (Å²) in [5, 5.41) is 9.24. The van der Waals surface area contributed by atoms with Crippen LogP contribution in [0.1, 0.15) is 18.5 Å². The molecule has 3 aromatic carbocycles. The van der Waals surface area contributed by atoms with E-state index in [1.54, 1.807) is 0 Å². The molecule has 0 saturated carbocycles. The molecule has 0 bridgehead atoms. The minimum absolute atomic E-state index is 0.0539. The normalized spacial score (nSPS) is 12.5. The third kappa shape index (κ3) is 4.60. The molecule has 4 aromatic rings. The first kappa shape index (κ1) is 24.3. The van der Waals surface area contributed by atoms with Gasteiger partial charge < -0.3 is 0 Å². The fraction of sp³-hybridized carbons (Fsp3) is 0.0833. The van der Waals surface area contributed by atoms with E-state index in [0.29, 0.717) is 11.1 Å². The van der Waals surface area contributed by atoms with Crippen LogP contribution in [0.4, 0.5) is 17.6 Å². The SMILES string of the molecule is CC(c1ccc(F)c(F)c1F)n1ncc(-c2ccc(S(N)(=O)=O)cc2)c(-c2ccc(F)cc2)c1=O. The van der Waals surface area contributed by atoms with Crippen molar-refractivity contribution in [2.45, 2.75) is 17.9 Å². The third-order valence-corrected chi connectivity index (χ3v) is 6.44. The van der Waals surface area contributed by atoms with Crippen LogP contribution in [-0.4, -0.2) is 18.2 Å². The maximum Gasteiger partial charge on any atom is 0.275 e. The molecule has 35 heavy (non-hydrogen) atoms. The summed E-state index contributed by atoms with van der Waals surface area (Å²) in [5.41, 5.74) is 0.0150. The van der Waals surface area contributed by atoms with Gasteiger partial charge in [-0.15, -0.1) is 0 Å². The van der Waals surface area contributed by atoms with Crippen LogP contribution in [0.2, 0.25) is 0 Å². The summed E-state index contributed by atoms with van der Waals surface area (Å²) in [6, 6.07) is 11.0. The van der Waals surface area contributed by atoms with Gasteiger partial charge in [-0.05, 0) is 48.4 Å². The molecule has 2 N–H and O–H groups in total. The van der Waals surface area contributed by atoms with Gasteiger partial charge in [0.2, 0.25) is 10.0 Å². The largest absolute Gasteiger partial charge is 0.275 e. The molecule has 1 atom stereocenters. The zero-order chi connectivity index (χ0) is 25.5. The van der Waals surface area contributed by atoms with E-state index < -0.39 is 44.9 Å². The van der Waals surface area contributed by atoms with Gasteiger partial charge in [0.25, 0.3) is 5.56 Å². The number of hydrogen-bond donors (Lipinski definition) is 1. The van der Waals surface area contributed by atoms with Crippen molar-refractivity contribution in [1.29, 1.82) is 0 Å². The second-order valence-electron chi connectivity index (χ2n) is 7.70. The second-order valence-corrected chi connectivity index (χ2v) is 9.26. The predicted molar refractivity (Wildman–Crippen MR) is 121 cm³/mol. The molecule has 1 heterocycles. The van der Waals surface area contributed by atoms with Gasteiger partial charge in [0.1, 0.15) is 5.82 Å². The number of hydrogen-bond acceptors (Lipinski definition) is 4. The average molecular weight is 503 g/mol. The Labute approximate surface area is 197 Å². The minimum Gasteiger partial charge on any atom is -0.267 e. The first-order valence-electron chi connectivity index (χ1n) is 10.1. The van der Waals surface area contributed by atoms with Crippen molar-refractivity contribution in [3.63, 3.8) is 0 Å². The molecule has 1 unspecified atom stereocenters. The lowest BCUT2D eigenvalue weighted by Gasteiger charge is -2.18. The van der Waals surface area contributed by atoms with E-state index in [1.807, 2.05) is 0 Å². The molecule has 0 aliphatic rings. The van der Waals surface area contributed by atoms with Crippen molar-refractivity contribution in [1.82, 2.24) is 9.78 Å². The number of primary sulfonamides is 1. The van der Waals surface area contributed by atoms with Crippen molar-refractivity contribution in [3.8, 4) is 22.3 Å². The molecule has 0 fully saturated rings. The molecular formula is C24H17F4N3O3S.